The molecular formula is C28H31Cl2N3O5S. The van der Waals surface area contributed by atoms with Crippen LogP contribution in [0.4, 0.5) is 5.69 Å². The van der Waals surface area contributed by atoms with E-state index in [4.69, 9.17) is 27.9 Å². The van der Waals surface area contributed by atoms with Crippen LogP contribution in [0.3, 0.4) is 0 Å². The number of benzene rings is 3. The van der Waals surface area contributed by atoms with Crippen LogP contribution in [0.25, 0.3) is 0 Å². The lowest BCUT2D eigenvalue weighted by Gasteiger charge is -2.32. The first-order chi connectivity index (χ1) is 18.5. The number of methoxy groups -OCH3 is 1. The number of nitrogens with one attached hydrogen (secondary N) is 1. The molecule has 3 aromatic rings. The van der Waals surface area contributed by atoms with Gasteiger partial charge in [-0.15, -0.1) is 0 Å². The molecular weight excluding hydrogens is 561 g/mol. The Labute approximate surface area is 239 Å². The molecule has 8 nitrogen and oxygen atoms in total. The minimum atomic E-state index is -4.17. The number of nitrogens with zero attached hydrogens (tertiary/aromatic N) is 2. The van der Waals surface area contributed by atoms with Gasteiger partial charge in [0.2, 0.25) is 11.8 Å². The van der Waals surface area contributed by atoms with Gasteiger partial charge in [-0.05, 0) is 74.9 Å². The molecule has 0 bridgehead atoms. The van der Waals surface area contributed by atoms with Crippen LogP contribution in [0.15, 0.2) is 71.6 Å². The molecule has 0 radical (unpaired) electrons. The maximum Gasteiger partial charge on any atom is 0.264 e. The number of anilines is 1. The summed E-state index contributed by atoms with van der Waals surface area (Å²) in [6.45, 7) is 5.09. The van der Waals surface area contributed by atoms with Crippen molar-refractivity contribution in [2.75, 3.05) is 24.5 Å². The van der Waals surface area contributed by atoms with E-state index in [1.807, 2.05) is 6.92 Å². The normalized spacial score (nSPS) is 11.9. The lowest BCUT2D eigenvalue weighted by atomic mass is 10.1. The third kappa shape index (κ3) is 7.44. The van der Waals surface area contributed by atoms with Gasteiger partial charge in [0, 0.05) is 13.1 Å². The first-order valence-corrected chi connectivity index (χ1v) is 14.4. The predicted molar refractivity (Wildman–Crippen MR) is 154 cm³/mol. The number of amides is 2. The van der Waals surface area contributed by atoms with Gasteiger partial charge in [-0.25, -0.2) is 8.42 Å². The Balaban J connectivity index is 2.03. The highest BCUT2D eigenvalue weighted by Crippen LogP contribution is 2.27. The smallest absolute Gasteiger partial charge is 0.264 e. The summed E-state index contributed by atoms with van der Waals surface area (Å²) in [5, 5.41) is 3.38. The fourth-order valence-corrected chi connectivity index (χ4v) is 5.59. The number of hydrogen-bond donors (Lipinski definition) is 1. The summed E-state index contributed by atoms with van der Waals surface area (Å²) in [5.41, 5.74) is 1.87. The van der Waals surface area contributed by atoms with E-state index >= 15 is 0 Å². The van der Waals surface area contributed by atoms with Crippen LogP contribution in [-0.2, 0) is 26.2 Å². The summed E-state index contributed by atoms with van der Waals surface area (Å²) in [5.74, 6) is -0.446. The maximum absolute atomic E-state index is 13.8. The molecule has 0 spiro atoms. The van der Waals surface area contributed by atoms with Gasteiger partial charge < -0.3 is 15.0 Å². The fraction of sp³-hybridized carbons (Fsp3) is 0.286. The third-order valence-electron chi connectivity index (χ3n) is 6.10. The average Bonchev–Trinajstić information content (AvgIpc) is 2.92. The Kier molecular flexibility index (Phi) is 10.2. The molecule has 1 atom stereocenters. The third-order valence-corrected chi connectivity index (χ3v) is 8.63. The average molecular weight is 593 g/mol. The van der Waals surface area contributed by atoms with Crippen molar-refractivity contribution in [3.8, 4) is 5.75 Å². The van der Waals surface area contributed by atoms with Crippen molar-refractivity contribution in [3.63, 3.8) is 0 Å². The first kappa shape index (κ1) is 30.3. The molecule has 0 saturated heterocycles. The van der Waals surface area contributed by atoms with Crippen LogP contribution in [0.2, 0.25) is 10.0 Å². The summed E-state index contributed by atoms with van der Waals surface area (Å²) >= 11 is 12.2. The Bertz CT molecular complexity index is 1410. The number of carbonyl (C=O) groups is 2. The minimum Gasteiger partial charge on any atom is -0.497 e. The van der Waals surface area contributed by atoms with Crippen LogP contribution in [-0.4, -0.2) is 51.4 Å². The maximum atomic E-state index is 13.8. The van der Waals surface area contributed by atoms with Crippen molar-refractivity contribution in [2.24, 2.45) is 0 Å². The Morgan fingerprint density at radius 1 is 0.974 bits per heavy atom. The summed E-state index contributed by atoms with van der Waals surface area (Å²) < 4.78 is 33.8. The topological polar surface area (TPSA) is 96.0 Å². The number of hydrogen-bond acceptors (Lipinski definition) is 5. The lowest BCUT2D eigenvalue weighted by molar-refractivity contribution is -0.139. The quantitative estimate of drug-likeness (QED) is 0.336. The van der Waals surface area contributed by atoms with E-state index < -0.39 is 28.5 Å². The molecule has 1 N–H and O–H groups in total. The Morgan fingerprint density at radius 2 is 1.62 bits per heavy atom. The van der Waals surface area contributed by atoms with E-state index in [2.05, 4.69) is 5.32 Å². The molecule has 3 rings (SSSR count). The number of likely N-dealkylation sites (N-methyl/N-ethyl adjacent to an activating group) is 1. The first-order valence-electron chi connectivity index (χ1n) is 12.2. The summed E-state index contributed by atoms with van der Waals surface area (Å²) in [6, 6.07) is 16.7. The summed E-state index contributed by atoms with van der Waals surface area (Å²) in [6.07, 6.45) is 0. The van der Waals surface area contributed by atoms with Crippen molar-refractivity contribution in [1.29, 1.82) is 0 Å². The highest BCUT2D eigenvalue weighted by molar-refractivity contribution is 7.92. The molecule has 0 saturated carbocycles. The van der Waals surface area contributed by atoms with Gasteiger partial charge in [0.05, 0.1) is 27.7 Å². The second kappa shape index (κ2) is 13.2. The minimum absolute atomic E-state index is 0.00974. The molecule has 0 aromatic heterocycles. The van der Waals surface area contributed by atoms with Gasteiger partial charge in [0.25, 0.3) is 10.0 Å². The van der Waals surface area contributed by atoms with E-state index in [0.29, 0.717) is 33.6 Å². The number of aryl methyl sites for hydroxylation is 1. The Morgan fingerprint density at radius 3 is 2.18 bits per heavy atom. The number of ether oxygens (including phenoxy) is 1. The van der Waals surface area contributed by atoms with Crippen molar-refractivity contribution < 1.29 is 22.7 Å². The van der Waals surface area contributed by atoms with Gasteiger partial charge >= 0.3 is 0 Å². The monoisotopic (exact) mass is 591 g/mol. The fourth-order valence-electron chi connectivity index (χ4n) is 3.85. The van der Waals surface area contributed by atoms with Crippen LogP contribution >= 0.6 is 23.2 Å². The molecule has 0 fully saturated rings. The second-order valence-corrected chi connectivity index (χ2v) is 11.5. The second-order valence-electron chi connectivity index (χ2n) is 8.86. The van der Waals surface area contributed by atoms with Crippen molar-refractivity contribution in [1.82, 2.24) is 10.2 Å². The summed E-state index contributed by atoms with van der Waals surface area (Å²) in [7, 11) is -2.69. The number of carbonyl (C=O) groups excluding carboxylic acids is 2. The molecule has 0 aliphatic heterocycles. The van der Waals surface area contributed by atoms with Gasteiger partial charge in [0.1, 0.15) is 18.3 Å². The van der Waals surface area contributed by atoms with E-state index in [-0.39, 0.29) is 17.3 Å². The zero-order chi connectivity index (χ0) is 28.7. The number of sulfonamides is 1. The zero-order valence-corrected chi connectivity index (χ0v) is 24.5. The van der Waals surface area contributed by atoms with E-state index in [0.717, 1.165) is 9.87 Å². The molecule has 0 aliphatic carbocycles. The van der Waals surface area contributed by atoms with Gasteiger partial charge in [-0.1, -0.05) is 47.0 Å². The molecule has 2 amide bonds. The van der Waals surface area contributed by atoms with Crippen molar-refractivity contribution >= 4 is 50.7 Å². The highest BCUT2D eigenvalue weighted by Gasteiger charge is 2.32. The summed E-state index contributed by atoms with van der Waals surface area (Å²) in [4.78, 5) is 27.9. The molecule has 3 aromatic carbocycles. The molecule has 39 heavy (non-hydrogen) atoms. The molecule has 208 valence electrons. The van der Waals surface area contributed by atoms with E-state index in [1.54, 1.807) is 56.3 Å². The van der Waals surface area contributed by atoms with Gasteiger partial charge in [-0.3, -0.25) is 13.9 Å². The van der Waals surface area contributed by atoms with E-state index in [9.17, 15) is 18.0 Å². The van der Waals surface area contributed by atoms with Crippen LogP contribution in [0.1, 0.15) is 25.0 Å². The van der Waals surface area contributed by atoms with Crippen molar-refractivity contribution in [2.45, 2.75) is 38.3 Å². The largest absolute Gasteiger partial charge is 0.497 e. The van der Waals surface area contributed by atoms with E-state index in [1.165, 1.54) is 36.3 Å². The lowest BCUT2D eigenvalue weighted by Crippen LogP contribution is -2.51. The highest BCUT2D eigenvalue weighted by atomic mass is 35.5. The van der Waals surface area contributed by atoms with Gasteiger partial charge in [0.15, 0.2) is 0 Å². The van der Waals surface area contributed by atoms with Crippen molar-refractivity contribution in [3.05, 3.63) is 87.9 Å². The standard InChI is InChI=1S/C28H31Cl2N3O5S/c1-5-31-28(35)20(3)32(17-21-8-15-25(29)26(30)16-21)27(34)18-33(22-9-6-19(2)7-10-22)39(36,37)24-13-11-23(38-4)12-14-24/h6-16,20H,5,17-18H2,1-4H3,(H,31,35). The number of halogens is 2. The van der Waals surface area contributed by atoms with Crippen LogP contribution < -0.4 is 14.4 Å². The van der Waals surface area contributed by atoms with Crippen LogP contribution in [0, 0.1) is 6.92 Å². The molecule has 1 unspecified atom stereocenters. The zero-order valence-electron chi connectivity index (χ0n) is 22.1. The predicted octanol–water partition coefficient (Wildman–Crippen LogP) is 5.06. The Hall–Kier alpha value is -3.27. The molecule has 0 heterocycles. The number of rotatable bonds is 11. The van der Waals surface area contributed by atoms with Gasteiger partial charge in [-0.2, -0.15) is 0 Å². The van der Waals surface area contributed by atoms with Crippen LogP contribution in [0.5, 0.6) is 5.75 Å². The SMILES string of the molecule is CCNC(=O)C(C)N(Cc1ccc(Cl)c(Cl)c1)C(=O)CN(c1ccc(C)cc1)S(=O)(=O)c1ccc(OC)cc1. The molecule has 11 heteroatoms. The molecule has 0 aliphatic rings.